The van der Waals surface area contributed by atoms with Crippen molar-refractivity contribution in [3.8, 4) is 11.3 Å². The van der Waals surface area contributed by atoms with Gasteiger partial charge in [-0.15, -0.1) is 5.10 Å². The lowest BCUT2D eigenvalue weighted by molar-refractivity contribution is -0.198. The van der Waals surface area contributed by atoms with E-state index in [1.165, 1.54) is 37.6 Å². The van der Waals surface area contributed by atoms with E-state index in [1.807, 2.05) is 35.1 Å². The van der Waals surface area contributed by atoms with Gasteiger partial charge in [0.05, 0.1) is 12.7 Å². The molecule has 2 aliphatic heterocycles. The van der Waals surface area contributed by atoms with Crippen LogP contribution in [0.5, 0.6) is 0 Å². The summed E-state index contributed by atoms with van der Waals surface area (Å²) in [5.74, 6) is -0.313. The summed E-state index contributed by atoms with van der Waals surface area (Å²) in [7, 11) is 0. The molecule has 2 aromatic carbocycles. The molecule has 1 aromatic heterocycles. The molecule has 1 N–H and O–H groups in total. The maximum Gasteiger partial charge on any atom is 0.267 e. The van der Waals surface area contributed by atoms with Crippen LogP contribution < -0.4 is 5.48 Å². The molecule has 1 amide bonds. The number of rotatable bonds is 9. The number of carbonyl (C=O) groups excluding carboxylic acids is 1. The fourth-order valence-corrected chi connectivity index (χ4v) is 4.54. The molecule has 2 saturated heterocycles. The first-order valence-corrected chi connectivity index (χ1v) is 12.8. The molecule has 2 fully saturated rings. The zero-order valence-corrected chi connectivity index (χ0v) is 20.5. The second-order valence-electron chi connectivity index (χ2n) is 9.44. The lowest BCUT2D eigenvalue weighted by Crippen LogP contribution is -2.32. The second kappa shape index (κ2) is 12.1. The van der Waals surface area contributed by atoms with E-state index >= 15 is 0 Å². The molecule has 0 bridgehead atoms. The van der Waals surface area contributed by atoms with Gasteiger partial charge in [0, 0.05) is 31.2 Å². The van der Waals surface area contributed by atoms with E-state index < -0.39 is 0 Å². The quantitative estimate of drug-likeness (QED) is 0.360. The van der Waals surface area contributed by atoms with Gasteiger partial charge < -0.3 is 4.74 Å². The normalized spacial score (nSPS) is 18.6. The number of benzene rings is 2. The molecule has 5 rings (SSSR count). The van der Waals surface area contributed by atoms with Gasteiger partial charge >= 0.3 is 0 Å². The van der Waals surface area contributed by atoms with Gasteiger partial charge in [-0.3, -0.25) is 9.69 Å². The van der Waals surface area contributed by atoms with E-state index in [-0.39, 0.29) is 12.2 Å². The fraction of sp³-hybridized carbons (Fsp3) is 0.393. The summed E-state index contributed by atoms with van der Waals surface area (Å²) in [6.45, 7) is 4.72. The van der Waals surface area contributed by atoms with Gasteiger partial charge in [-0.2, -0.15) is 0 Å². The Balaban J connectivity index is 1.10. The van der Waals surface area contributed by atoms with E-state index in [4.69, 9.17) is 9.57 Å². The van der Waals surface area contributed by atoms with Crippen molar-refractivity contribution in [1.82, 2.24) is 25.4 Å². The van der Waals surface area contributed by atoms with Crippen molar-refractivity contribution in [2.24, 2.45) is 0 Å². The summed E-state index contributed by atoms with van der Waals surface area (Å²) in [5.41, 5.74) is 7.74. The highest BCUT2D eigenvalue weighted by atomic mass is 16.8. The monoisotopic (exact) mass is 487 g/mol. The van der Waals surface area contributed by atoms with Crippen molar-refractivity contribution in [1.29, 1.82) is 0 Å². The molecular formula is C28H33N5O3. The third kappa shape index (κ3) is 6.87. The van der Waals surface area contributed by atoms with Crippen LogP contribution in [-0.4, -0.2) is 51.8 Å². The molecule has 1 atom stereocenters. The molecule has 0 aliphatic carbocycles. The van der Waals surface area contributed by atoms with E-state index in [0.717, 1.165) is 48.2 Å². The topological polar surface area (TPSA) is 81.5 Å². The maximum absolute atomic E-state index is 12.0. The number of carbonyl (C=O) groups is 1. The summed E-state index contributed by atoms with van der Waals surface area (Å²) in [5, 5.41) is 8.66. The van der Waals surface area contributed by atoms with Crippen LogP contribution >= 0.6 is 0 Å². The molecule has 8 heteroatoms. The number of amides is 1. The second-order valence-corrected chi connectivity index (χ2v) is 9.44. The van der Waals surface area contributed by atoms with E-state index in [1.54, 1.807) is 6.08 Å². The van der Waals surface area contributed by atoms with Crippen LogP contribution in [0.4, 0.5) is 0 Å². The van der Waals surface area contributed by atoms with Crippen LogP contribution in [0.25, 0.3) is 17.3 Å². The van der Waals surface area contributed by atoms with Gasteiger partial charge in [0.15, 0.2) is 6.29 Å². The Morgan fingerprint density at radius 3 is 2.50 bits per heavy atom. The molecule has 0 spiro atoms. The van der Waals surface area contributed by atoms with Gasteiger partial charge in [-0.25, -0.2) is 15.0 Å². The first-order chi connectivity index (χ1) is 17.7. The third-order valence-corrected chi connectivity index (χ3v) is 6.57. The Morgan fingerprint density at radius 2 is 1.75 bits per heavy atom. The highest BCUT2D eigenvalue weighted by Crippen LogP contribution is 2.19. The van der Waals surface area contributed by atoms with Crippen molar-refractivity contribution < 1.29 is 14.4 Å². The van der Waals surface area contributed by atoms with Gasteiger partial charge in [0.25, 0.3) is 5.91 Å². The molecule has 36 heavy (non-hydrogen) atoms. The van der Waals surface area contributed by atoms with Crippen LogP contribution in [0.1, 0.15) is 48.8 Å². The first-order valence-electron chi connectivity index (χ1n) is 12.8. The molecule has 0 radical (unpaired) electrons. The number of ether oxygens (including phenoxy) is 1. The van der Waals surface area contributed by atoms with E-state index in [0.29, 0.717) is 13.2 Å². The lowest BCUT2D eigenvalue weighted by Gasteiger charge is -2.21. The van der Waals surface area contributed by atoms with Crippen LogP contribution in [0, 0.1) is 0 Å². The summed E-state index contributed by atoms with van der Waals surface area (Å²) in [6, 6.07) is 16.6. The zero-order valence-electron chi connectivity index (χ0n) is 20.5. The molecule has 0 saturated carbocycles. The number of hydrogen-bond donors (Lipinski definition) is 1. The number of hydroxylamine groups is 1. The minimum atomic E-state index is -0.355. The van der Waals surface area contributed by atoms with Crippen molar-refractivity contribution in [3.05, 3.63) is 77.5 Å². The molecule has 188 valence electrons. The molecule has 8 nitrogen and oxygen atoms in total. The minimum Gasteiger partial charge on any atom is -0.350 e. The number of aromatic nitrogens is 3. The minimum absolute atomic E-state index is 0.313. The van der Waals surface area contributed by atoms with Crippen LogP contribution in [0.3, 0.4) is 0 Å². The van der Waals surface area contributed by atoms with Crippen molar-refractivity contribution >= 4 is 12.0 Å². The summed E-state index contributed by atoms with van der Waals surface area (Å²) < 4.78 is 7.28. The molecular weight excluding hydrogens is 454 g/mol. The van der Waals surface area contributed by atoms with E-state index in [9.17, 15) is 4.79 Å². The highest BCUT2D eigenvalue weighted by Gasteiger charge is 2.15. The molecule has 3 aromatic rings. The van der Waals surface area contributed by atoms with Crippen LogP contribution in [-0.2, 0) is 27.5 Å². The number of hydrogen-bond acceptors (Lipinski definition) is 6. The summed E-state index contributed by atoms with van der Waals surface area (Å²) in [6.07, 6.45) is 10.3. The Kier molecular flexibility index (Phi) is 8.17. The summed E-state index contributed by atoms with van der Waals surface area (Å²) >= 11 is 0. The van der Waals surface area contributed by atoms with Crippen LogP contribution in [0.2, 0.25) is 0 Å². The largest absolute Gasteiger partial charge is 0.350 e. The van der Waals surface area contributed by atoms with Crippen molar-refractivity contribution in [2.75, 3.05) is 19.7 Å². The zero-order chi connectivity index (χ0) is 24.6. The SMILES string of the molecule is O=C(/C=C/c1ccc(Cn2cc(-c3ccc(CN4CCCC4)cc3)nn2)cc1)NOC1CCCCO1. The average molecular weight is 488 g/mol. The summed E-state index contributed by atoms with van der Waals surface area (Å²) in [4.78, 5) is 19.8. The number of nitrogens with zero attached hydrogens (tertiary/aromatic N) is 4. The Bertz CT molecular complexity index is 1140. The fourth-order valence-electron chi connectivity index (χ4n) is 4.54. The lowest BCUT2D eigenvalue weighted by atomic mass is 10.1. The Labute approximate surface area is 211 Å². The molecule has 1 unspecified atom stereocenters. The van der Waals surface area contributed by atoms with E-state index in [2.05, 4.69) is 45.0 Å². The highest BCUT2D eigenvalue weighted by molar-refractivity contribution is 5.90. The van der Waals surface area contributed by atoms with Crippen LogP contribution in [0.15, 0.2) is 60.8 Å². The average Bonchev–Trinajstić information content (AvgIpc) is 3.61. The molecule has 2 aliphatic rings. The van der Waals surface area contributed by atoms with Crippen molar-refractivity contribution in [2.45, 2.75) is 51.5 Å². The van der Waals surface area contributed by atoms with Crippen molar-refractivity contribution in [3.63, 3.8) is 0 Å². The predicted octanol–water partition coefficient (Wildman–Crippen LogP) is 4.18. The number of likely N-dealkylation sites (tertiary alicyclic amines) is 1. The van der Waals surface area contributed by atoms with Gasteiger partial charge in [-0.1, -0.05) is 53.7 Å². The smallest absolute Gasteiger partial charge is 0.267 e. The third-order valence-electron chi connectivity index (χ3n) is 6.57. The first kappa shape index (κ1) is 24.4. The van der Waals surface area contributed by atoms with Gasteiger partial charge in [-0.05, 0) is 61.5 Å². The standard InChI is InChI=1S/C28H33N5O3/c34-27(30-36-28-5-1-4-18-35-28)15-12-22-6-8-24(9-7-22)20-33-21-26(29-31-33)25-13-10-23(11-14-25)19-32-16-2-3-17-32/h6-15,21,28H,1-5,16-20H2,(H,30,34)/b15-12+. The van der Waals surface area contributed by atoms with Gasteiger partial charge in [0.1, 0.15) is 5.69 Å². The Hall–Kier alpha value is -3.33. The van der Waals surface area contributed by atoms with Gasteiger partial charge in [0.2, 0.25) is 0 Å². The maximum atomic E-state index is 12.0. The Morgan fingerprint density at radius 1 is 1.00 bits per heavy atom. The number of nitrogens with one attached hydrogen (secondary N) is 1. The predicted molar refractivity (Wildman–Crippen MR) is 137 cm³/mol. The molecule has 3 heterocycles.